The Labute approximate surface area is 113 Å². The molecule has 0 bridgehead atoms. The molecule has 1 N–H and O–H groups in total. The third-order valence-corrected chi connectivity index (χ3v) is 5.03. The summed E-state index contributed by atoms with van der Waals surface area (Å²) in [6.45, 7) is 10.1. The lowest BCUT2D eigenvalue weighted by molar-refractivity contribution is 0.233. The number of aryl methyl sites for hydroxylation is 2. The van der Waals surface area contributed by atoms with E-state index in [2.05, 4.69) is 42.3 Å². The number of thiophene rings is 1. The Morgan fingerprint density at radius 1 is 1.22 bits per heavy atom. The second-order valence-corrected chi connectivity index (χ2v) is 6.40. The third-order valence-electron chi connectivity index (χ3n) is 3.86. The number of piperazine rings is 1. The molecule has 0 spiro atoms. The average molecular weight is 260 g/mol. The number of rotatable bonds is 2. The van der Waals surface area contributed by atoms with Gasteiger partial charge >= 0.3 is 0 Å². The summed E-state index contributed by atoms with van der Waals surface area (Å²) in [5.41, 5.74) is 2.90. The molecule has 2 aromatic rings. The molecule has 1 aliphatic heterocycles. The SMILES string of the molecule is Cc1sc2cc(CN3CCNCC3)ccc2c1C. The van der Waals surface area contributed by atoms with E-state index in [1.54, 1.807) is 0 Å². The molecule has 1 fully saturated rings. The lowest BCUT2D eigenvalue weighted by atomic mass is 10.1. The van der Waals surface area contributed by atoms with Crippen LogP contribution in [-0.4, -0.2) is 31.1 Å². The Kier molecular flexibility index (Phi) is 3.37. The fourth-order valence-electron chi connectivity index (χ4n) is 2.62. The monoisotopic (exact) mass is 260 g/mol. The fourth-order valence-corrected chi connectivity index (χ4v) is 3.75. The smallest absolute Gasteiger partial charge is 0.0351 e. The fraction of sp³-hybridized carbons (Fsp3) is 0.467. The molecule has 1 aliphatic rings. The summed E-state index contributed by atoms with van der Waals surface area (Å²) in [5, 5.41) is 4.83. The minimum atomic E-state index is 1.09. The summed E-state index contributed by atoms with van der Waals surface area (Å²) in [6, 6.07) is 6.97. The lowest BCUT2D eigenvalue weighted by Crippen LogP contribution is -2.42. The van der Waals surface area contributed by atoms with Gasteiger partial charge in [0.25, 0.3) is 0 Å². The first-order valence-corrected chi connectivity index (χ1v) is 7.47. The van der Waals surface area contributed by atoms with Crippen molar-refractivity contribution in [2.45, 2.75) is 20.4 Å². The van der Waals surface area contributed by atoms with E-state index in [-0.39, 0.29) is 0 Å². The van der Waals surface area contributed by atoms with Crippen LogP contribution in [0.3, 0.4) is 0 Å². The highest BCUT2D eigenvalue weighted by atomic mass is 32.1. The maximum atomic E-state index is 3.40. The van der Waals surface area contributed by atoms with E-state index in [0.717, 1.165) is 19.6 Å². The number of fused-ring (bicyclic) bond motifs is 1. The first kappa shape index (κ1) is 12.2. The van der Waals surface area contributed by atoms with Crippen LogP contribution in [-0.2, 0) is 6.54 Å². The maximum absolute atomic E-state index is 3.40. The Hall–Kier alpha value is -0.900. The number of nitrogens with one attached hydrogen (secondary N) is 1. The highest BCUT2D eigenvalue weighted by Gasteiger charge is 2.11. The summed E-state index contributed by atoms with van der Waals surface area (Å²) >= 11 is 1.92. The molecule has 0 amide bonds. The van der Waals surface area contributed by atoms with Crippen molar-refractivity contribution < 1.29 is 0 Å². The van der Waals surface area contributed by atoms with Crippen molar-refractivity contribution in [1.82, 2.24) is 10.2 Å². The Morgan fingerprint density at radius 3 is 2.78 bits per heavy atom. The molecule has 2 heterocycles. The molecular weight excluding hydrogens is 240 g/mol. The number of hydrogen-bond acceptors (Lipinski definition) is 3. The Balaban J connectivity index is 1.84. The van der Waals surface area contributed by atoms with Gasteiger partial charge in [-0.1, -0.05) is 12.1 Å². The van der Waals surface area contributed by atoms with E-state index in [0.29, 0.717) is 0 Å². The van der Waals surface area contributed by atoms with Crippen LogP contribution in [0.2, 0.25) is 0 Å². The summed E-state index contributed by atoms with van der Waals surface area (Å²) in [4.78, 5) is 3.98. The first-order valence-electron chi connectivity index (χ1n) is 6.66. The van der Waals surface area contributed by atoms with Crippen LogP contribution in [0.15, 0.2) is 18.2 Å². The molecule has 0 atom stereocenters. The number of benzene rings is 1. The molecule has 18 heavy (non-hydrogen) atoms. The van der Waals surface area contributed by atoms with E-state index in [9.17, 15) is 0 Å². The van der Waals surface area contributed by atoms with Crippen LogP contribution in [0, 0.1) is 13.8 Å². The van der Waals surface area contributed by atoms with Crippen molar-refractivity contribution in [3.63, 3.8) is 0 Å². The van der Waals surface area contributed by atoms with Gasteiger partial charge in [-0.15, -0.1) is 11.3 Å². The van der Waals surface area contributed by atoms with Gasteiger partial charge in [-0.25, -0.2) is 0 Å². The van der Waals surface area contributed by atoms with Crippen LogP contribution in [0.25, 0.3) is 10.1 Å². The first-order chi connectivity index (χ1) is 8.74. The predicted molar refractivity (Wildman–Crippen MR) is 79.4 cm³/mol. The lowest BCUT2D eigenvalue weighted by Gasteiger charge is -2.27. The Morgan fingerprint density at radius 2 is 2.00 bits per heavy atom. The van der Waals surface area contributed by atoms with Gasteiger partial charge in [0.05, 0.1) is 0 Å². The van der Waals surface area contributed by atoms with Crippen LogP contribution in [0.1, 0.15) is 16.0 Å². The van der Waals surface area contributed by atoms with Gasteiger partial charge in [-0.05, 0) is 36.4 Å². The average Bonchev–Trinajstić information content (AvgIpc) is 2.66. The van der Waals surface area contributed by atoms with Crippen molar-refractivity contribution in [2.75, 3.05) is 26.2 Å². The highest BCUT2D eigenvalue weighted by Crippen LogP contribution is 2.30. The van der Waals surface area contributed by atoms with Crippen molar-refractivity contribution in [1.29, 1.82) is 0 Å². The van der Waals surface area contributed by atoms with Gasteiger partial charge in [0.15, 0.2) is 0 Å². The molecule has 1 saturated heterocycles. The highest BCUT2D eigenvalue weighted by molar-refractivity contribution is 7.19. The minimum absolute atomic E-state index is 1.09. The third kappa shape index (κ3) is 2.30. The summed E-state index contributed by atoms with van der Waals surface area (Å²) in [6.07, 6.45) is 0. The molecule has 0 aliphatic carbocycles. The van der Waals surface area contributed by atoms with E-state index in [4.69, 9.17) is 0 Å². The quantitative estimate of drug-likeness (QED) is 0.893. The van der Waals surface area contributed by atoms with Gasteiger partial charge in [-0.2, -0.15) is 0 Å². The second kappa shape index (κ2) is 5.00. The largest absolute Gasteiger partial charge is 0.314 e. The van der Waals surface area contributed by atoms with Crippen molar-refractivity contribution in [3.8, 4) is 0 Å². The molecule has 3 heteroatoms. The molecular formula is C15H20N2S. The van der Waals surface area contributed by atoms with Gasteiger partial charge in [-0.3, -0.25) is 4.90 Å². The number of hydrogen-bond donors (Lipinski definition) is 1. The van der Waals surface area contributed by atoms with E-state index >= 15 is 0 Å². The molecule has 1 aromatic carbocycles. The van der Waals surface area contributed by atoms with Crippen molar-refractivity contribution in [3.05, 3.63) is 34.2 Å². The standard InChI is InChI=1S/C15H20N2S/c1-11-12(2)18-15-9-13(3-4-14(11)15)10-17-7-5-16-6-8-17/h3-4,9,16H,5-8,10H2,1-2H3. The molecule has 3 rings (SSSR count). The zero-order chi connectivity index (χ0) is 12.5. The Bertz CT molecular complexity index is 553. The van der Waals surface area contributed by atoms with Gasteiger partial charge < -0.3 is 5.32 Å². The molecule has 0 radical (unpaired) electrons. The second-order valence-electron chi connectivity index (χ2n) is 5.14. The zero-order valence-corrected chi connectivity index (χ0v) is 11.9. The predicted octanol–water partition coefficient (Wildman–Crippen LogP) is 2.92. The van der Waals surface area contributed by atoms with Crippen LogP contribution in [0.4, 0.5) is 0 Å². The molecule has 0 saturated carbocycles. The van der Waals surface area contributed by atoms with Crippen molar-refractivity contribution in [2.24, 2.45) is 0 Å². The van der Waals surface area contributed by atoms with E-state index in [1.165, 1.54) is 39.2 Å². The minimum Gasteiger partial charge on any atom is -0.314 e. The molecule has 0 unspecified atom stereocenters. The maximum Gasteiger partial charge on any atom is 0.0351 e. The molecule has 2 nitrogen and oxygen atoms in total. The van der Waals surface area contributed by atoms with Gasteiger partial charge in [0.2, 0.25) is 0 Å². The van der Waals surface area contributed by atoms with E-state index < -0.39 is 0 Å². The summed E-state index contributed by atoms with van der Waals surface area (Å²) in [5.74, 6) is 0. The van der Waals surface area contributed by atoms with Gasteiger partial charge in [0.1, 0.15) is 0 Å². The van der Waals surface area contributed by atoms with Crippen LogP contribution >= 0.6 is 11.3 Å². The zero-order valence-electron chi connectivity index (χ0n) is 11.1. The number of nitrogens with zero attached hydrogens (tertiary/aromatic N) is 1. The van der Waals surface area contributed by atoms with Gasteiger partial charge in [0, 0.05) is 42.3 Å². The molecule has 96 valence electrons. The topological polar surface area (TPSA) is 15.3 Å². The normalized spacial score (nSPS) is 17.4. The van der Waals surface area contributed by atoms with Crippen molar-refractivity contribution >= 4 is 21.4 Å². The summed E-state index contributed by atoms with van der Waals surface area (Å²) < 4.78 is 1.44. The van der Waals surface area contributed by atoms with E-state index in [1.807, 2.05) is 11.3 Å². The summed E-state index contributed by atoms with van der Waals surface area (Å²) in [7, 11) is 0. The molecule has 1 aromatic heterocycles. The van der Waals surface area contributed by atoms with Crippen LogP contribution < -0.4 is 5.32 Å². The van der Waals surface area contributed by atoms with Crippen LogP contribution in [0.5, 0.6) is 0 Å².